The van der Waals surface area contributed by atoms with Crippen molar-refractivity contribution in [1.29, 1.82) is 0 Å². The Morgan fingerprint density at radius 2 is 2.10 bits per heavy atom. The second-order valence-corrected chi connectivity index (χ2v) is 1.87. The van der Waals surface area contributed by atoms with Crippen molar-refractivity contribution in [1.82, 2.24) is 9.97 Å². The quantitative estimate of drug-likeness (QED) is 0.731. The van der Waals surface area contributed by atoms with Crippen LogP contribution in [0.3, 0.4) is 0 Å². The summed E-state index contributed by atoms with van der Waals surface area (Å²) in [6.07, 6.45) is 2.66. The number of para-hydroxylation sites is 2. The molecule has 0 amide bonds. The minimum Gasteiger partial charge on any atom is -0.461 e. The van der Waals surface area contributed by atoms with Crippen LogP contribution >= 0.6 is 0 Å². The summed E-state index contributed by atoms with van der Waals surface area (Å²) in [7, 11) is 0. The Balaban J connectivity index is 0.000000500. The number of aromatic nitrogens is 2. The molecule has 2 aromatic rings. The number of hydrogen-bond donors (Lipinski definition) is 1. The van der Waals surface area contributed by atoms with Gasteiger partial charge >= 0.3 is 0 Å². The largest absolute Gasteiger partial charge is 0.461 e. The number of fused-ring (bicyclic) bond motifs is 1. The van der Waals surface area contributed by atoms with Crippen LogP contribution in [-0.4, -0.2) is 9.97 Å². The summed E-state index contributed by atoms with van der Waals surface area (Å²) in [5.41, 5.74) is 2.01. The number of imidazole rings is 1. The van der Waals surface area contributed by atoms with Crippen LogP contribution in [0.4, 0.5) is 0 Å². The van der Waals surface area contributed by atoms with E-state index in [1.54, 1.807) is 0 Å². The fraction of sp³-hybridized carbons (Fsp3) is 0. The molecule has 0 bridgehead atoms. The fourth-order valence-electron chi connectivity index (χ4n) is 0.825. The zero-order valence-corrected chi connectivity index (χ0v) is 8.10. The van der Waals surface area contributed by atoms with Gasteiger partial charge in [0.25, 0.3) is 0 Å². The maximum Gasteiger partial charge on any atom is 0 e. The second-order valence-electron chi connectivity index (χ2n) is 1.87. The third-order valence-corrected chi connectivity index (χ3v) is 1.27. The van der Waals surface area contributed by atoms with Gasteiger partial charge in [-0.15, -0.1) is 12.1 Å². The normalized spacial score (nSPS) is 9.20. The predicted octanol–water partition coefficient (Wildman–Crippen LogP) is 1.36. The van der Waals surface area contributed by atoms with Gasteiger partial charge in [0.05, 0.1) is 0 Å². The maximum absolute atomic E-state index is 3.94. The van der Waals surface area contributed by atoms with Crippen molar-refractivity contribution in [2.45, 2.75) is 0 Å². The van der Waals surface area contributed by atoms with Gasteiger partial charge in [-0.2, -0.15) is 0 Å². The molecule has 1 aromatic heterocycles. The molecule has 50 valence electrons. The van der Waals surface area contributed by atoms with Gasteiger partial charge in [-0.25, -0.2) is 0 Å². The SMILES string of the molecule is [W].[c-]1nc2ccccc2[nH]1. The molecule has 0 fully saturated rings. The molecule has 2 nitrogen and oxygen atoms in total. The van der Waals surface area contributed by atoms with E-state index in [2.05, 4.69) is 16.3 Å². The number of aromatic amines is 1. The zero-order valence-electron chi connectivity index (χ0n) is 5.16. The van der Waals surface area contributed by atoms with Crippen LogP contribution < -0.4 is 0 Å². The van der Waals surface area contributed by atoms with Crippen LogP contribution in [0.2, 0.25) is 0 Å². The van der Waals surface area contributed by atoms with Gasteiger partial charge in [-0.1, -0.05) is 23.2 Å². The Bertz CT molecular complexity index is 286. The monoisotopic (exact) mass is 301 g/mol. The first-order valence-corrected chi connectivity index (χ1v) is 2.77. The predicted molar refractivity (Wildman–Crippen MR) is 34.9 cm³/mol. The van der Waals surface area contributed by atoms with Gasteiger partial charge in [-0.3, -0.25) is 0 Å². The molecule has 3 heteroatoms. The van der Waals surface area contributed by atoms with E-state index in [0.29, 0.717) is 0 Å². The molecule has 0 aliphatic rings. The molecule has 0 aliphatic carbocycles. The number of nitrogens with one attached hydrogen (secondary N) is 1. The Hall–Kier alpha value is -0.622. The van der Waals surface area contributed by atoms with E-state index in [9.17, 15) is 0 Å². The molecule has 2 rings (SSSR count). The van der Waals surface area contributed by atoms with Crippen LogP contribution in [0.15, 0.2) is 24.3 Å². The van der Waals surface area contributed by atoms with Crippen molar-refractivity contribution >= 4 is 11.0 Å². The fourth-order valence-corrected chi connectivity index (χ4v) is 0.825. The van der Waals surface area contributed by atoms with Gasteiger partial charge in [0, 0.05) is 21.1 Å². The van der Waals surface area contributed by atoms with Crippen LogP contribution in [0, 0.1) is 6.33 Å². The van der Waals surface area contributed by atoms with Crippen molar-refractivity contribution < 1.29 is 21.1 Å². The molecule has 1 N–H and O–H groups in total. The molecule has 0 atom stereocenters. The van der Waals surface area contributed by atoms with Gasteiger partial charge in [0.2, 0.25) is 0 Å². The Labute approximate surface area is 72.9 Å². The summed E-state index contributed by atoms with van der Waals surface area (Å²) in [5, 5.41) is 0. The zero-order chi connectivity index (χ0) is 6.10. The third kappa shape index (κ3) is 1.12. The number of benzene rings is 1. The number of nitrogens with zero attached hydrogens (tertiary/aromatic N) is 1. The average Bonchev–Trinajstić information content (AvgIpc) is 2.33. The van der Waals surface area contributed by atoms with Crippen molar-refractivity contribution in [2.75, 3.05) is 0 Å². The van der Waals surface area contributed by atoms with E-state index in [1.165, 1.54) is 0 Å². The van der Waals surface area contributed by atoms with E-state index in [0.717, 1.165) is 11.0 Å². The Morgan fingerprint density at radius 3 is 2.90 bits per heavy atom. The first-order valence-electron chi connectivity index (χ1n) is 2.77. The molecule has 0 unspecified atom stereocenters. The van der Waals surface area contributed by atoms with Crippen LogP contribution in [0.5, 0.6) is 0 Å². The number of hydrogen-bond acceptors (Lipinski definition) is 1. The van der Waals surface area contributed by atoms with Crippen molar-refractivity contribution in [2.24, 2.45) is 0 Å². The topological polar surface area (TPSA) is 28.7 Å². The van der Waals surface area contributed by atoms with Gasteiger partial charge in [0.1, 0.15) is 0 Å². The second kappa shape index (κ2) is 2.98. The number of rotatable bonds is 0. The van der Waals surface area contributed by atoms with Gasteiger partial charge < -0.3 is 9.97 Å². The minimum absolute atomic E-state index is 0. The molecule has 0 radical (unpaired) electrons. The maximum atomic E-state index is 3.94. The van der Waals surface area contributed by atoms with Gasteiger partial charge in [0.15, 0.2) is 0 Å². The van der Waals surface area contributed by atoms with Crippen molar-refractivity contribution in [3.8, 4) is 0 Å². The molecule has 0 spiro atoms. The minimum atomic E-state index is 0. The molecule has 1 heterocycles. The average molecular weight is 301 g/mol. The summed E-state index contributed by atoms with van der Waals surface area (Å²) in [5.74, 6) is 0. The molecular weight excluding hydrogens is 296 g/mol. The first kappa shape index (κ1) is 7.48. The summed E-state index contributed by atoms with van der Waals surface area (Å²) in [4.78, 5) is 6.82. The van der Waals surface area contributed by atoms with E-state index in [-0.39, 0.29) is 21.1 Å². The van der Waals surface area contributed by atoms with E-state index < -0.39 is 0 Å². The van der Waals surface area contributed by atoms with Crippen LogP contribution in [0.25, 0.3) is 11.0 Å². The molecular formula is C7H5N2W-. The molecule has 0 saturated heterocycles. The first-order chi connectivity index (χ1) is 4.47. The summed E-state index contributed by atoms with van der Waals surface area (Å²) < 4.78 is 0. The van der Waals surface area contributed by atoms with E-state index in [4.69, 9.17) is 0 Å². The van der Waals surface area contributed by atoms with Gasteiger partial charge in [-0.05, 0) is 6.33 Å². The van der Waals surface area contributed by atoms with Crippen molar-refractivity contribution in [3.05, 3.63) is 30.6 Å². The van der Waals surface area contributed by atoms with E-state index in [1.807, 2.05) is 24.3 Å². The van der Waals surface area contributed by atoms with E-state index >= 15 is 0 Å². The van der Waals surface area contributed by atoms with Crippen molar-refractivity contribution in [3.63, 3.8) is 0 Å². The Kier molecular flexibility index (Phi) is 2.23. The molecule has 1 aromatic carbocycles. The number of H-pyrrole nitrogens is 1. The smallest absolute Gasteiger partial charge is 0 e. The summed E-state index contributed by atoms with van der Waals surface area (Å²) in [6.45, 7) is 0. The molecule has 0 saturated carbocycles. The molecule has 0 aliphatic heterocycles. The summed E-state index contributed by atoms with van der Waals surface area (Å²) >= 11 is 0. The Morgan fingerprint density at radius 1 is 1.30 bits per heavy atom. The van der Waals surface area contributed by atoms with Crippen LogP contribution in [-0.2, 0) is 21.1 Å². The molecule has 10 heavy (non-hydrogen) atoms. The third-order valence-electron chi connectivity index (χ3n) is 1.27. The summed E-state index contributed by atoms with van der Waals surface area (Å²) in [6, 6.07) is 7.84. The standard InChI is InChI=1S/C7H5N2.W/c1-2-4-7-6(3-1)8-5-9-7;/h1-4H,(H,8,9);/q-1;. The van der Waals surface area contributed by atoms with Crippen LogP contribution in [0.1, 0.15) is 0 Å².